The van der Waals surface area contributed by atoms with Gasteiger partial charge in [-0.2, -0.15) is 0 Å². The third-order valence-electron chi connectivity index (χ3n) is 2.51. The van der Waals surface area contributed by atoms with Crippen molar-refractivity contribution in [3.8, 4) is 0 Å². The van der Waals surface area contributed by atoms with E-state index in [-0.39, 0.29) is 25.4 Å². The summed E-state index contributed by atoms with van der Waals surface area (Å²) in [7, 11) is 0. The van der Waals surface area contributed by atoms with Crippen molar-refractivity contribution in [2.24, 2.45) is 0 Å². The highest BCUT2D eigenvalue weighted by atomic mass is 16.5. The predicted octanol–water partition coefficient (Wildman–Crippen LogP) is 0.315. The third kappa shape index (κ3) is 4.37. The van der Waals surface area contributed by atoms with E-state index in [9.17, 15) is 0 Å². The number of ether oxygens (including phenoxy) is 2. The van der Waals surface area contributed by atoms with E-state index in [2.05, 4.69) is 0 Å². The second kappa shape index (κ2) is 7.17. The molecule has 2 N–H and O–H groups in total. The van der Waals surface area contributed by atoms with E-state index in [1.54, 1.807) is 0 Å². The van der Waals surface area contributed by atoms with Gasteiger partial charge in [0.25, 0.3) is 0 Å². The Hall–Kier alpha value is -0.160. The molecule has 0 atom stereocenters. The van der Waals surface area contributed by atoms with E-state index in [1.807, 2.05) is 0 Å². The van der Waals surface area contributed by atoms with Crippen LogP contribution in [0, 0.1) is 0 Å². The fourth-order valence-corrected chi connectivity index (χ4v) is 1.80. The van der Waals surface area contributed by atoms with Crippen molar-refractivity contribution in [1.82, 2.24) is 0 Å². The van der Waals surface area contributed by atoms with Gasteiger partial charge in [0.15, 0.2) is 0 Å². The zero-order valence-corrected chi connectivity index (χ0v) is 8.52. The van der Waals surface area contributed by atoms with E-state index >= 15 is 0 Å². The molecular weight excluding hydrogens is 184 g/mol. The zero-order chi connectivity index (χ0) is 10.2. The minimum Gasteiger partial charge on any atom is -0.394 e. The predicted molar refractivity (Wildman–Crippen MR) is 52.1 cm³/mol. The molecule has 4 nitrogen and oxygen atoms in total. The quantitative estimate of drug-likeness (QED) is 0.654. The molecule has 0 aliphatic heterocycles. The normalized spacial score (nSPS) is 27.9. The number of aliphatic hydroxyl groups excluding tert-OH is 2. The monoisotopic (exact) mass is 204 g/mol. The first-order chi connectivity index (χ1) is 6.86. The molecule has 0 heterocycles. The average Bonchev–Trinajstić information content (AvgIpc) is 2.25. The molecule has 1 rings (SSSR count). The molecule has 0 saturated heterocycles. The van der Waals surface area contributed by atoms with Gasteiger partial charge in [0.05, 0.1) is 38.6 Å². The molecule has 0 aromatic rings. The van der Waals surface area contributed by atoms with Crippen molar-refractivity contribution < 1.29 is 19.7 Å². The summed E-state index contributed by atoms with van der Waals surface area (Å²) in [6, 6.07) is 0. The smallest absolute Gasteiger partial charge is 0.0701 e. The van der Waals surface area contributed by atoms with E-state index in [0.29, 0.717) is 13.2 Å². The maximum absolute atomic E-state index is 8.59. The highest BCUT2D eigenvalue weighted by Gasteiger charge is 2.21. The standard InChI is InChI=1S/C10H20O4/c11-5-7-13-9-1-2-10(4-3-9)14-8-6-12/h9-12H,1-8H2. The van der Waals surface area contributed by atoms with Crippen LogP contribution in [-0.2, 0) is 9.47 Å². The van der Waals surface area contributed by atoms with Gasteiger partial charge in [-0.25, -0.2) is 0 Å². The van der Waals surface area contributed by atoms with Crippen LogP contribution in [0.15, 0.2) is 0 Å². The Balaban J connectivity index is 2.05. The van der Waals surface area contributed by atoms with E-state index in [1.165, 1.54) is 0 Å². The Kier molecular flexibility index (Phi) is 6.10. The molecule has 0 bridgehead atoms. The van der Waals surface area contributed by atoms with Gasteiger partial charge in [-0.1, -0.05) is 0 Å². The molecule has 14 heavy (non-hydrogen) atoms. The van der Waals surface area contributed by atoms with Crippen LogP contribution in [0.4, 0.5) is 0 Å². The summed E-state index contributed by atoms with van der Waals surface area (Å²) in [6.07, 6.45) is 4.56. The minimum atomic E-state index is 0.0982. The Morgan fingerprint density at radius 3 is 1.43 bits per heavy atom. The molecule has 1 aliphatic rings. The van der Waals surface area contributed by atoms with Crippen LogP contribution < -0.4 is 0 Å². The Labute approximate surface area is 84.8 Å². The third-order valence-corrected chi connectivity index (χ3v) is 2.51. The fourth-order valence-electron chi connectivity index (χ4n) is 1.80. The van der Waals surface area contributed by atoms with Gasteiger partial charge in [0.1, 0.15) is 0 Å². The van der Waals surface area contributed by atoms with Crippen molar-refractivity contribution >= 4 is 0 Å². The van der Waals surface area contributed by atoms with Crippen molar-refractivity contribution in [1.29, 1.82) is 0 Å². The summed E-state index contributed by atoms with van der Waals surface area (Å²) in [5.41, 5.74) is 0. The summed E-state index contributed by atoms with van der Waals surface area (Å²) in [5.74, 6) is 0. The largest absolute Gasteiger partial charge is 0.394 e. The lowest BCUT2D eigenvalue weighted by molar-refractivity contribution is -0.0442. The summed E-state index contributed by atoms with van der Waals surface area (Å²) in [6.45, 7) is 1.07. The molecule has 0 aromatic heterocycles. The number of rotatable bonds is 6. The van der Waals surface area contributed by atoms with Crippen LogP contribution in [0.2, 0.25) is 0 Å². The second-order valence-corrected chi connectivity index (χ2v) is 3.59. The van der Waals surface area contributed by atoms with Gasteiger partial charge in [-0.3, -0.25) is 0 Å². The van der Waals surface area contributed by atoms with Crippen LogP contribution in [0.1, 0.15) is 25.7 Å². The van der Waals surface area contributed by atoms with Gasteiger partial charge < -0.3 is 19.7 Å². The van der Waals surface area contributed by atoms with E-state index in [4.69, 9.17) is 19.7 Å². The fraction of sp³-hybridized carbons (Fsp3) is 1.00. The molecule has 1 aliphatic carbocycles. The molecular formula is C10H20O4. The molecule has 4 heteroatoms. The molecule has 1 saturated carbocycles. The first-order valence-electron chi connectivity index (χ1n) is 5.31. The Morgan fingerprint density at radius 2 is 1.14 bits per heavy atom. The number of hydrogen-bond acceptors (Lipinski definition) is 4. The van der Waals surface area contributed by atoms with E-state index < -0.39 is 0 Å². The minimum absolute atomic E-state index is 0.0982. The first-order valence-corrected chi connectivity index (χ1v) is 5.31. The average molecular weight is 204 g/mol. The van der Waals surface area contributed by atoms with Gasteiger partial charge in [-0.15, -0.1) is 0 Å². The maximum atomic E-state index is 8.59. The highest BCUT2D eigenvalue weighted by Crippen LogP contribution is 2.23. The molecule has 0 aromatic carbocycles. The molecule has 0 radical (unpaired) electrons. The molecule has 1 fully saturated rings. The number of aliphatic hydroxyl groups is 2. The van der Waals surface area contributed by atoms with Crippen molar-refractivity contribution in [2.45, 2.75) is 37.9 Å². The first kappa shape index (κ1) is 11.9. The highest BCUT2D eigenvalue weighted by molar-refractivity contribution is 4.73. The SMILES string of the molecule is OCCOC1CCC(OCCO)CC1. The summed E-state index contributed by atoms with van der Waals surface area (Å²) < 4.78 is 10.9. The van der Waals surface area contributed by atoms with Crippen LogP contribution >= 0.6 is 0 Å². The summed E-state index contributed by atoms with van der Waals surface area (Å²) >= 11 is 0. The van der Waals surface area contributed by atoms with Crippen molar-refractivity contribution in [3.63, 3.8) is 0 Å². The Morgan fingerprint density at radius 1 is 0.786 bits per heavy atom. The maximum Gasteiger partial charge on any atom is 0.0701 e. The lowest BCUT2D eigenvalue weighted by atomic mass is 9.95. The molecule has 0 spiro atoms. The zero-order valence-electron chi connectivity index (χ0n) is 8.52. The number of hydrogen-bond donors (Lipinski definition) is 2. The van der Waals surface area contributed by atoms with Gasteiger partial charge in [0, 0.05) is 0 Å². The van der Waals surface area contributed by atoms with Crippen LogP contribution in [0.5, 0.6) is 0 Å². The van der Waals surface area contributed by atoms with Crippen LogP contribution in [-0.4, -0.2) is 48.8 Å². The Bertz CT molecular complexity index is 116. The molecule has 84 valence electrons. The molecule has 0 amide bonds. The summed E-state index contributed by atoms with van der Waals surface area (Å²) in [4.78, 5) is 0. The van der Waals surface area contributed by atoms with E-state index in [0.717, 1.165) is 25.7 Å². The molecule has 0 unspecified atom stereocenters. The van der Waals surface area contributed by atoms with Crippen molar-refractivity contribution in [3.05, 3.63) is 0 Å². The summed E-state index contributed by atoms with van der Waals surface area (Å²) in [5, 5.41) is 17.2. The van der Waals surface area contributed by atoms with Crippen molar-refractivity contribution in [2.75, 3.05) is 26.4 Å². The van der Waals surface area contributed by atoms with Gasteiger partial charge in [0.2, 0.25) is 0 Å². The topological polar surface area (TPSA) is 58.9 Å². The van der Waals surface area contributed by atoms with Gasteiger partial charge in [-0.05, 0) is 25.7 Å². The van der Waals surface area contributed by atoms with Gasteiger partial charge >= 0.3 is 0 Å². The van der Waals surface area contributed by atoms with Crippen LogP contribution in [0.3, 0.4) is 0 Å². The second-order valence-electron chi connectivity index (χ2n) is 3.59. The van der Waals surface area contributed by atoms with Crippen LogP contribution in [0.25, 0.3) is 0 Å². The lowest BCUT2D eigenvalue weighted by Gasteiger charge is -2.28. The lowest BCUT2D eigenvalue weighted by Crippen LogP contribution is -2.27.